The molecule has 2 fully saturated rings. The SMILES string of the molecule is CNC1CCN(C2CCCC2)C(C)(C)C1. The van der Waals surface area contributed by atoms with Gasteiger partial charge in [0.05, 0.1) is 0 Å². The highest BCUT2D eigenvalue weighted by Crippen LogP contribution is 2.35. The fourth-order valence-electron chi connectivity index (χ4n) is 3.56. The Hall–Kier alpha value is -0.0800. The van der Waals surface area contributed by atoms with Gasteiger partial charge in [-0.15, -0.1) is 0 Å². The van der Waals surface area contributed by atoms with Crippen LogP contribution in [-0.2, 0) is 0 Å². The van der Waals surface area contributed by atoms with Crippen LogP contribution in [0.3, 0.4) is 0 Å². The van der Waals surface area contributed by atoms with Crippen molar-refractivity contribution in [3.63, 3.8) is 0 Å². The first-order chi connectivity index (χ1) is 7.13. The minimum absolute atomic E-state index is 0.404. The maximum atomic E-state index is 3.44. The summed E-state index contributed by atoms with van der Waals surface area (Å²) in [6.45, 7) is 6.15. The number of hydrogen-bond acceptors (Lipinski definition) is 2. The van der Waals surface area contributed by atoms with Crippen LogP contribution in [-0.4, -0.2) is 36.1 Å². The molecule has 2 nitrogen and oxygen atoms in total. The lowest BCUT2D eigenvalue weighted by molar-refractivity contribution is 0.0224. The molecule has 0 amide bonds. The molecule has 2 heteroatoms. The molecule has 1 N–H and O–H groups in total. The van der Waals surface area contributed by atoms with Crippen molar-refractivity contribution in [2.75, 3.05) is 13.6 Å². The normalized spacial score (nSPS) is 33.4. The zero-order chi connectivity index (χ0) is 10.9. The van der Waals surface area contributed by atoms with Gasteiger partial charge in [0.2, 0.25) is 0 Å². The number of piperidine rings is 1. The molecule has 88 valence electrons. The monoisotopic (exact) mass is 210 g/mol. The Bertz CT molecular complexity index is 207. The number of likely N-dealkylation sites (tertiary alicyclic amines) is 1. The second-order valence-electron chi connectivity index (χ2n) is 5.92. The third kappa shape index (κ3) is 2.36. The Labute approximate surface area is 94.4 Å². The van der Waals surface area contributed by atoms with Gasteiger partial charge in [0.15, 0.2) is 0 Å². The van der Waals surface area contributed by atoms with E-state index >= 15 is 0 Å². The van der Waals surface area contributed by atoms with Gasteiger partial charge >= 0.3 is 0 Å². The van der Waals surface area contributed by atoms with E-state index in [9.17, 15) is 0 Å². The summed E-state index contributed by atoms with van der Waals surface area (Å²) in [6, 6.07) is 1.62. The van der Waals surface area contributed by atoms with Gasteiger partial charge in [-0.1, -0.05) is 12.8 Å². The van der Waals surface area contributed by atoms with E-state index in [0.717, 1.165) is 12.1 Å². The summed E-state index contributed by atoms with van der Waals surface area (Å²) in [5, 5.41) is 3.44. The van der Waals surface area contributed by atoms with Crippen LogP contribution in [0.5, 0.6) is 0 Å². The summed E-state index contributed by atoms with van der Waals surface area (Å²) in [5.74, 6) is 0. The first-order valence-corrected chi connectivity index (χ1v) is 6.57. The van der Waals surface area contributed by atoms with Crippen molar-refractivity contribution in [3.8, 4) is 0 Å². The molecule has 0 radical (unpaired) electrons. The molecule has 0 bridgehead atoms. The van der Waals surface area contributed by atoms with Gasteiger partial charge in [-0.05, 0) is 46.6 Å². The molecule has 1 atom stereocenters. The minimum Gasteiger partial charge on any atom is -0.317 e. The van der Waals surface area contributed by atoms with E-state index in [4.69, 9.17) is 0 Å². The smallest absolute Gasteiger partial charge is 0.0171 e. The van der Waals surface area contributed by atoms with Crippen LogP contribution >= 0.6 is 0 Å². The molecule has 1 saturated carbocycles. The predicted molar refractivity (Wildman–Crippen MR) is 65.1 cm³/mol. The molecule has 1 heterocycles. The highest BCUT2D eigenvalue weighted by molar-refractivity contribution is 4.95. The van der Waals surface area contributed by atoms with E-state index in [2.05, 4.69) is 31.1 Å². The van der Waals surface area contributed by atoms with Gasteiger partial charge in [-0.25, -0.2) is 0 Å². The van der Waals surface area contributed by atoms with Gasteiger partial charge in [-0.2, -0.15) is 0 Å². The van der Waals surface area contributed by atoms with Gasteiger partial charge in [0.25, 0.3) is 0 Å². The lowest BCUT2D eigenvalue weighted by Gasteiger charge is -2.48. The lowest BCUT2D eigenvalue weighted by atomic mass is 9.85. The third-order valence-electron chi connectivity index (χ3n) is 4.42. The summed E-state index contributed by atoms with van der Waals surface area (Å²) in [7, 11) is 2.10. The Morgan fingerprint density at radius 2 is 1.80 bits per heavy atom. The number of nitrogens with one attached hydrogen (secondary N) is 1. The second-order valence-corrected chi connectivity index (χ2v) is 5.92. The van der Waals surface area contributed by atoms with Crippen molar-refractivity contribution in [1.82, 2.24) is 10.2 Å². The van der Waals surface area contributed by atoms with Gasteiger partial charge in [-0.3, -0.25) is 4.90 Å². The quantitative estimate of drug-likeness (QED) is 0.753. The lowest BCUT2D eigenvalue weighted by Crippen LogP contribution is -2.57. The fraction of sp³-hybridized carbons (Fsp3) is 1.00. The first-order valence-electron chi connectivity index (χ1n) is 6.57. The third-order valence-corrected chi connectivity index (χ3v) is 4.42. The van der Waals surface area contributed by atoms with E-state index in [1.807, 2.05) is 0 Å². The van der Waals surface area contributed by atoms with E-state index in [-0.39, 0.29) is 0 Å². The molecular weight excluding hydrogens is 184 g/mol. The number of nitrogens with zero attached hydrogens (tertiary/aromatic N) is 1. The molecule has 0 aromatic heterocycles. The van der Waals surface area contributed by atoms with Crippen molar-refractivity contribution in [3.05, 3.63) is 0 Å². The summed E-state index contributed by atoms with van der Waals surface area (Å²) in [6.07, 6.45) is 8.41. The molecule has 0 aromatic rings. The van der Waals surface area contributed by atoms with Crippen molar-refractivity contribution >= 4 is 0 Å². The van der Waals surface area contributed by atoms with Crippen LogP contribution in [0.25, 0.3) is 0 Å². The van der Waals surface area contributed by atoms with Gasteiger partial charge < -0.3 is 5.32 Å². The molecule has 15 heavy (non-hydrogen) atoms. The van der Waals surface area contributed by atoms with Gasteiger partial charge in [0, 0.05) is 24.2 Å². The fourth-order valence-corrected chi connectivity index (χ4v) is 3.56. The molecule has 1 unspecified atom stereocenters. The van der Waals surface area contributed by atoms with E-state index in [1.165, 1.54) is 45.1 Å². The van der Waals surface area contributed by atoms with Gasteiger partial charge in [0.1, 0.15) is 0 Å². The van der Waals surface area contributed by atoms with Crippen LogP contribution in [0.1, 0.15) is 52.4 Å². The summed E-state index contributed by atoms with van der Waals surface area (Å²) in [5.41, 5.74) is 0.404. The van der Waals surface area contributed by atoms with Crippen LogP contribution in [0.4, 0.5) is 0 Å². The topological polar surface area (TPSA) is 15.3 Å². The molecule has 2 rings (SSSR count). The molecule has 2 aliphatic rings. The Morgan fingerprint density at radius 3 is 2.33 bits per heavy atom. The Kier molecular flexibility index (Phi) is 3.36. The summed E-state index contributed by atoms with van der Waals surface area (Å²) in [4.78, 5) is 2.79. The molecule has 1 aliphatic heterocycles. The molecule has 1 aliphatic carbocycles. The Balaban J connectivity index is 2.00. The Morgan fingerprint density at radius 1 is 1.13 bits per heavy atom. The van der Waals surface area contributed by atoms with Crippen LogP contribution < -0.4 is 5.32 Å². The van der Waals surface area contributed by atoms with E-state index in [0.29, 0.717) is 5.54 Å². The van der Waals surface area contributed by atoms with Crippen LogP contribution in [0, 0.1) is 0 Å². The highest BCUT2D eigenvalue weighted by Gasteiger charge is 2.38. The highest BCUT2D eigenvalue weighted by atomic mass is 15.2. The number of rotatable bonds is 2. The standard InChI is InChI=1S/C13H26N2/c1-13(2)10-11(14-3)8-9-15(13)12-6-4-5-7-12/h11-12,14H,4-10H2,1-3H3. The molecule has 0 spiro atoms. The van der Waals surface area contributed by atoms with Crippen LogP contribution in [0.15, 0.2) is 0 Å². The zero-order valence-corrected chi connectivity index (χ0v) is 10.6. The molecule has 0 aromatic carbocycles. The minimum atomic E-state index is 0.404. The van der Waals surface area contributed by atoms with E-state index in [1.54, 1.807) is 0 Å². The second kappa shape index (κ2) is 4.42. The first kappa shape index (κ1) is 11.4. The average molecular weight is 210 g/mol. The van der Waals surface area contributed by atoms with Crippen molar-refractivity contribution < 1.29 is 0 Å². The molecular formula is C13H26N2. The molecule has 1 saturated heterocycles. The van der Waals surface area contributed by atoms with Crippen molar-refractivity contribution in [1.29, 1.82) is 0 Å². The number of hydrogen-bond donors (Lipinski definition) is 1. The van der Waals surface area contributed by atoms with Crippen molar-refractivity contribution in [2.24, 2.45) is 0 Å². The average Bonchev–Trinajstić information content (AvgIpc) is 2.69. The van der Waals surface area contributed by atoms with E-state index < -0.39 is 0 Å². The summed E-state index contributed by atoms with van der Waals surface area (Å²) < 4.78 is 0. The summed E-state index contributed by atoms with van der Waals surface area (Å²) >= 11 is 0. The maximum absolute atomic E-state index is 3.44. The largest absolute Gasteiger partial charge is 0.317 e. The van der Waals surface area contributed by atoms with Crippen LogP contribution in [0.2, 0.25) is 0 Å². The van der Waals surface area contributed by atoms with Crippen molar-refractivity contribution in [2.45, 2.75) is 70.0 Å². The predicted octanol–water partition coefficient (Wildman–Crippen LogP) is 2.39. The maximum Gasteiger partial charge on any atom is 0.0171 e. The zero-order valence-electron chi connectivity index (χ0n) is 10.6.